The Balaban J connectivity index is 1.73. The third-order valence-electron chi connectivity index (χ3n) is 3.44. The second-order valence-corrected chi connectivity index (χ2v) is 6.09. The summed E-state index contributed by atoms with van der Waals surface area (Å²) in [6.07, 6.45) is 0. The molecule has 2 aromatic rings. The highest BCUT2D eigenvalue weighted by Crippen LogP contribution is 2.16. The second kappa shape index (κ2) is 10.6. The molecule has 0 aromatic heterocycles. The van der Waals surface area contributed by atoms with Crippen molar-refractivity contribution in [3.8, 4) is 11.5 Å². The zero-order chi connectivity index (χ0) is 21.2. The molecule has 10 heteroatoms. The van der Waals surface area contributed by atoms with Gasteiger partial charge in [-0.3, -0.25) is 30.6 Å². The van der Waals surface area contributed by atoms with Gasteiger partial charge in [0, 0.05) is 18.2 Å². The highest BCUT2D eigenvalue weighted by Gasteiger charge is 2.09. The van der Waals surface area contributed by atoms with E-state index in [4.69, 9.17) is 21.7 Å². The maximum atomic E-state index is 12.1. The molecule has 0 aliphatic carbocycles. The SMILES string of the molecule is COc1ccc(OCC(=O)NC(=S)NNC(=O)c2ccc(NC(C)=O)cc2)cc1. The van der Waals surface area contributed by atoms with Crippen LogP contribution in [-0.4, -0.2) is 36.6 Å². The Morgan fingerprint density at radius 1 is 0.931 bits per heavy atom. The van der Waals surface area contributed by atoms with Crippen molar-refractivity contribution in [3.05, 3.63) is 54.1 Å². The number of carbonyl (C=O) groups excluding carboxylic acids is 3. The van der Waals surface area contributed by atoms with Crippen molar-refractivity contribution in [2.24, 2.45) is 0 Å². The maximum absolute atomic E-state index is 12.1. The summed E-state index contributed by atoms with van der Waals surface area (Å²) in [5, 5.41) is 4.89. The lowest BCUT2D eigenvalue weighted by molar-refractivity contribution is -0.121. The molecule has 2 aromatic carbocycles. The molecule has 3 amide bonds. The Kier molecular flexibility index (Phi) is 7.92. The first kappa shape index (κ1) is 21.6. The molecular weight excluding hydrogens is 396 g/mol. The molecule has 9 nitrogen and oxygen atoms in total. The van der Waals surface area contributed by atoms with Crippen molar-refractivity contribution in [1.82, 2.24) is 16.2 Å². The number of nitrogens with one attached hydrogen (secondary N) is 4. The van der Waals surface area contributed by atoms with E-state index in [1.165, 1.54) is 19.1 Å². The van der Waals surface area contributed by atoms with E-state index in [2.05, 4.69) is 21.5 Å². The van der Waals surface area contributed by atoms with Crippen LogP contribution >= 0.6 is 12.2 Å². The minimum Gasteiger partial charge on any atom is -0.497 e. The summed E-state index contributed by atoms with van der Waals surface area (Å²) in [4.78, 5) is 34.9. The van der Waals surface area contributed by atoms with E-state index >= 15 is 0 Å². The fraction of sp³-hybridized carbons (Fsp3) is 0.158. The number of rotatable bonds is 6. The van der Waals surface area contributed by atoms with Crippen LogP contribution in [0.25, 0.3) is 0 Å². The van der Waals surface area contributed by atoms with Crippen LogP contribution in [0.2, 0.25) is 0 Å². The van der Waals surface area contributed by atoms with Crippen LogP contribution in [0.15, 0.2) is 48.5 Å². The molecule has 0 saturated carbocycles. The molecule has 0 aliphatic rings. The largest absolute Gasteiger partial charge is 0.497 e. The Bertz CT molecular complexity index is 884. The predicted molar refractivity (Wildman–Crippen MR) is 111 cm³/mol. The molecule has 0 saturated heterocycles. The molecule has 152 valence electrons. The van der Waals surface area contributed by atoms with E-state index in [1.54, 1.807) is 43.5 Å². The minimum absolute atomic E-state index is 0.0865. The van der Waals surface area contributed by atoms with E-state index in [9.17, 15) is 14.4 Å². The van der Waals surface area contributed by atoms with Gasteiger partial charge in [0.2, 0.25) is 5.91 Å². The predicted octanol–water partition coefficient (Wildman–Crippen LogP) is 1.37. The number of benzene rings is 2. The van der Waals surface area contributed by atoms with Crippen molar-refractivity contribution in [1.29, 1.82) is 0 Å². The summed E-state index contributed by atoms with van der Waals surface area (Å²) in [6, 6.07) is 13.0. The number of ether oxygens (including phenoxy) is 2. The van der Waals surface area contributed by atoms with Crippen LogP contribution in [0, 0.1) is 0 Å². The topological polar surface area (TPSA) is 118 Å². The second-order valence-electron chi connectivity index (χ2n) is 5.68. The number of thiocarbonyl (C=S) groups is 1. The van der Waals surface area contributed by atoms with Gasteiger partial charge in [0.1, 0.15) is 11.5 Å². The molecule has 2 rings (SSSR count). The van der Waals surface area contributed by atoms with Crippen LogP contribution in [0.5, 0.6) is 11.5 Å². The van der Waals surface area contributed by atoms with Crippen LogP contribution < -0.4 is 31.0 Å². The number of hydrogen-bond donors (Lipinski definition) is 4. The highest BCUT2D eigenvalue weighted by molar-refractivity contribution is 7.80. The van der Waals surface area contributed by atoms with E-state index in [-0.39, 0.29) is 17.6 Å². The van der Waals surface area contributed by atoms with E-state index in [0.29, 0.717) is 22.7 Å². The van der Waals surface area contributed by atoms with Gasteiger partial charge in [0.15, 0.2) is 11.7 Å². The average molecular weight is 416 g/mol. The van der Waals surface area contributed by atoms with Crippen LogP contribution in [-0.2, 0) is 9.59 Å². The Morgan fingerprint density at radius 2 is 1.55 bits per heavy atom. The van der Waals surface area contributed by atoms with Gasteiger partial charge in [0.05, 0.1) is 7.11 Å². The van der Waals surface area contributed by atoms with Gasteiger partial charge in [-0.2, -0.15) is 0 Å². The fourth-order valence-electron chi connectivity index (χ4n) is 2.11. The van der Waals surface area contributed by atoms with Crippen LogP contribution in [0.1, 0.15) is 17.3 Å². The number of methoxy groups -OCH3 is 1. The Labute approximate surface area is 172 Å². The average Bonchev–Trinajstić information content (AvgIpc) is 2.71. The van der Waals surface area contributed by atoms with Crippen LogP contribution in [0.4, 0.5) is 5.69 Å². The molecule has 0 aliphatic heterocycles. The minimum atomic E-state index is -0.493. The first-order valence-corrected chi connectivity index (χ1v) is 8.83. The summed E-state index contributed by atoms with van der Waals surface area (Å²) < 4.78 is 10.4. The molecule has 29 heavy (non-hydrogen) atoms. The zero-order valence-corrected chi connectivity index (χ0v) is 16.6. The molecule has 0 atom stereocenters. The van der Waals surface area contributed by atoms with Crippen molar-refractivity contribution in [2.75, 3.05) is 19.0 Å². The van der Waals surface area contributed by atoms with Gasteiger partial charge in [-0.25, -0.2) is 0 Å². The highest BCUT2D eigenvalue weighted by atomic mass is 32.1. The van der Waals surface area contributed by atoms with E-state index in [0.717, 1.165) is 0 Å². The van der Waals surface area contributed by atoms with Gasteiger partial charge in [0.25, 0.3) is 11.8 Å². The Hall–Kier alpha value is -3.66. The van der Waals surface area contributed by atoms with E-state index < -0.39 is 11.8 Å². The molecule has 0 heterocycles. The third-order valence-corrected chi connectivity index (χ3v) is 3.64. The van der Waals surface area contributed by atoms with Gasteiger partial charge in [-0.05, 0) is 60.7 Å². The van der Waals surface area contributed by atoms with Gasteiger partial charge in [-0.15, -0.1) is 0 Å². The summed E-state index contributed by atoms with van der Waals surface area (Å²) in [5.41, 5.74) is 5.70. The van der Waals surface area contributed by atoms with Crippen molar-refractivity contribution < 1.29 is 23.9 Å². The van der Waals surface area contributed by atoms with Crippen molar-refractivity contribution in [3.63, 3.8) is 0 Å². The van der Waals surface area contributed by atoms with Crippen molar-refractivity contribution in [2.45, 2.75) is 6.92 Å². The lowest BCUT2D eigenvalue weighted by Gasteiger charge is -2.12. The molecule has 4 N–H and O–H groups in total. The number of amides is 3. The lowest BCUT2D eigenvalue weighted by Crippen LogP contribution is -2.49. The maximum Gasteiger partial charge on any atom is 0.269 e. The quantitative estimate of drug-likeness (QED) is 0.415. The Morgan fingerprint density at radius 3 is 2.14 bits per heavy atom. The molecule has 0 fully saturated rings. The summed E-state index contributed by atoms with van der Waals surface area (Å²) in [7, 11) is 1.55. The first-order valence-electron chi connectivity index (χ1n) is 8.42. The monoisotopic (exact) mass is 416 g/mol. The number of anilines is 1. The summed E-state index contributed by atoms with van der Waals surface area (Å²) in [6.45, 7) is 1.13. The number of carbonyl (C=O) groups is 3. The van der Waals surface area contributed by atoms with Crippen LogP contribution in [0.3, 0.4) is 0 Å². The number of hydrogen-bond acceptors (Lipinski definition) is 6. The molecule has 0 unspecified atom stereocenters. The molecule has 0 radical (unpaired) electrons. The van der Waals surface area contributed by atoms with Gasteiger partial charge >= 0.3 is 0 Å². The number of hydrazine groups is 1. The summed E-state index contributed by atoms with van der Waals surface area (Å²) >= 11 is 4.95. The zero-order valence-electron chi connectivity index (χ0n) is 15.8. The van der Waals surface area contributed by atoms with Crippen molar-refractivity contribution >= 4 is 40.7 Å². The third kappa shape index (κ3) is 7.46. The molecule has 0 bridgehead atoms. The van der Waals surface area contributed by atoms with Gasteiger partial charge < -0.3 is 14.8 Å². The van der Waals surface area contributed by atoms with Gasteiger partial charge in [-0.1, -0.05) is 0 Å². The molecule has 0 spiro atoms. The normalized spacial score (nSPS) is 9.72. The lowest BCUT2D eigenvalue weighted by atomic mass is 10.2. The standard InChI is InChI=1S/C19H20N4O5S/c1-12(24)20-14-5-3-13(4-6-14)18(26)22-23-19(29)21-17(25)11-28-16-9-7-15(27-2)8-10-16/h3-10H,11H2,1-2H3,(H,20,24)(H,22,26)(H2,21,23,25,29). The smallest absolute Gasteiger partial charge is 0.269 e. The van der Waals surface area contributed by atoms with E-state index in [1.807, 2.05) is 0 Å². The first-order chi connectivity index (χ1) is 13.9. The summed E-state index contributed by atoms with van der Waals surface area (Å²) in [5.74, 6) is 0.00197. The molecular formula is C19H20N4O5S. The fourth-order valence-corrected chi connectivity index (χ4v) is 2.27.